The van der Waals surface area contributed by atoms with Crippen molar-refractivity contribution in [2.45, 2.75) is 47.5 Å². The molecule has 2 aromatic carbocycles. The Kier molecular flexibility index (Phi) is 4.13. The van der Waals surface area contributed by atoms with Crippen LogP contribution in [0.3, 0.4) is 0 Å². The molecule has 0 bridgehead atoms. The van der Waals surface area contributed by atoms with Gasteiger partial charge in [0.1, 0.15) is 0 Å². The Morgan fingerprint density at radius 2 is 1.80 bits per heavy atom. The SMILES string of the molecule is Cc1ccc(S[C@@H]2C[C@@H](C)Sc3c(C)cccc32)cc1. The molecule has 0 aliphatic carbocycles. The first-order chi connectivity index (χ1) is 9.63. The number of hydrogen-bond donors (Lipinski definition) is 0. The molecule has 20 heavy (non-hydrogen) atoms. The van der Waals surface area contributed by atoms with Gasteiger partial charge in [-0.15, -0.1) is 23.5 Å². The van der Waals surface area contributed by atoms with Gasteiger partial charge in [-0.2, -0.15) is 0 Å². The van der Waals surface area contributed by atoms with Crippen molar-refractivity contribution < 1.29 is 0 Å². The summed E-state index contributed by atoms with van der Waals surface area (Å²) in [6, 6.07) is 15.7. The van der Waals surface area contributed by atoms with Crippen LogP contribution in [0, 0.1) is 13.8 Å². The largest absolute Gasteiger partial charge is 0.122 e. The van der Waals surface area contributed by atoms with Gasteiger partial charge in [-0.1, -0.05) is 42.8 Å². The van der Waals surface area contributed by atoms with Crippen LogP contribution in [-0.4, -0.2) is 5.25 Å². The molecule has 0 nitrogen and oxygen atoms in total. The van der Waals surface area contributed by atoms with E-state index < -0.39 is 0 Å². The zero-order valence-electron chi connectivity index (χ0n) is 12.2. The Morgan fingerprint density at radius 3 is 2.55 bits per heavy atom. The zero-order chi connectivity index (χ0) is 14.1. The molecule has 2 atom stereocenters. The van der Waals surface area contributed by atoms with Gasteiger partial charge in [0.2, 0.25) is 0 Å². The molecule has 0 radical (unpaired) electrons. The summed E-state index contributed by atoms with van der Waals surface area (Å²) in [5.41, 5.74) is 4.28. The van der Waals surface area contributed by atoms with Gasteiger partial charge < -0.3 is 0 Å². The van der Waals surface area contributed by atoms with Crippen molar-refractivity contribution in [2.75, 3.05) is 0 Å². The molecule has 1 aliphatic rings. The molecule has 2 aromatic rings. The van der Waals surface area contributed by atoms with Gasteiger partial charge in [0.25, 0.3) is 0 Å². The molecule has 0 fully saturated rings. The predicted molar refractivity (Wildman–Crippen MR) is 90.9 cm³/mol. The molecule has 1 heterocycles. The second-order valence-corrected chi connectivity index (χ2v) is 8.30. The van der Waals surface area contributed by atoms with Gasteiger partial charge in [0, 0.05) is 20.3 Å². The molecule has 0 saturated heterocycles. The first-order valence-electron chi connectivity index (χ1n) is 7.13. The van der Waals surface area contributed by atoms with Crippen LogP contribution in [0.15, 0.2) is 52.3 Å². The number of fused-ring (bicyclic) bond motifs is 1. The normalized spacial score (nSPS) is 21.6. The van der Waals surface area contributed by atoms with Crippen LogP contribution >= 0.6 is 23.5 Å². The van der Waals surface area contributed by atoms with Crippen LogP contribution in [0.5, 0.6) is 0 Å². The molecule has 3 rings (SSSR count). The van der Waals surface area contributed by atoms with E-state index in [1.54, 1.807) is 0 Å². The monoisotopic (exact) mass is 300 g/mol. The van der Waals surface area contributed by atoms with E-state index in [9.17, 15) is 0 Å². The van der Waals surface area contributed by atoms with Gasteiger partial charge in [0.15, 0.2) is 0 Å². The lowest BCUT2D eigenvalue weighted by Gasteiger charge is -2.30. The van der Waals surface area contributed by atoms with E-state index in [-0.39, 0.29) is 0 Å². The average Bonchev–Trinajstić information content (AvgIpc) is 2.42. The van der Waals surface area contributed by atoms with Crippen molar-refractivity contribution >= 4 is 23.5 Å². The van der Waals surface area contributed by atoms with Gasteiger partial charge in [-0.3, -0.25) is 0 Å². The second kappa shape index (κ2) is 5.87. The molecule has 0 spiro atoms. The fraction of sp³-hybridized carbons (Fsp3) is 0.333. The van der Waals surface area contributed by atoms with Crippen molar-refractivity contribution in [2.24, 2.45) is 0 Å². The van der Waals surface area contributed by atoms with Gasteiger partial charge >= 0.3 is 0 Å². The molecular formula is C18H20S2. The summed E-state index contributed by atoms with van der Waals surface area (Å²) in [5, 5.41) is 1.29. The van der Waals surface area contributed by atoms with Crippen LogP contribution in [0.25, 0.3) is 0 Å². The van der Waals surface area contributed by atoms with Gasteiger partial charge in [0.05, 0.1) is 0 Å². The summed E-state index contributed by atoms with van der Waals surface area (Å²) in [7, 11) is 0. The lowest BCUT2D eigenvalue weighted by Crippen LogP contribution is -2.12. The Labute approximate surface area is 130 Å². The maximum Gasteiger partial charge on any atom is 0.0366 e. The highest BCUT2D eigenvalue weighted by molar-refractivity contribution is 8.01. The average molecular weight is 300 g/mol. The lowest BCUT2D eigenvalue weighted by molar-refractivity contribution is 0.760. The van der Waals surface area contributed by atoms with E-state index in [0.717, 1.165) is 0 Å². The molecule has 104 valence electrons. The summed E-state index contributed by atoms with van der Waals surface area (Å²) < 4.78 is 0. The maximum absolute atomic E-state index is 2.35. The third-order valence-electron chi connectivity index (χ3n) is 3.75. The quantitative estimate of drug-likeness (QED) is 0.665. The van der Waals surface area contributed by atoms with Crippen molar-refractivity contribution in [1.82, 2.24) is 0 Å². The molecule has 0 amide bonds. The molecule has 0 N–H and O–H groups in total. The van der Waals surface area contributed by atoms with Crippen LogP contribution in [0.1, 0.15) is 35.3 Å². The van der Waals surface area contributed by atoms with Crippen LogP contribution in [0.2, 0.25) is 0 Å². The Balaban J connectivity index is 1.91. The summed E-state index contributed by atoms with van der Waals surface area (Å²) in [5.74, 6) is 0. The number of benzene rings is 2. The molecule has 0 saturated carbocycles. The van der Waals surface area contributed by atoms with E-state index in [2.05, 4.69) is 63.2 Å². The van der Waals surface area contributed by atoms with E-state index >= 15 is 0 Å². The molecule has 1 aliphatic heterocycles. The van der Waals surface area contributed by atoms with Crippen molar-refractivity contribution in [3.05, 3.63) is 59.2 Å². The number of hydrogen-bond acceptors (Lipinski definition) is 2. The summed E-state index contributed by atoms with van der Waals surface area (Å²) in [4.78, 5) is 2.89. The second-order valence-electron chi connectivity index (χ2n) is 5.58. The van der Waals surface area contributed by atoms with Crippen LogP contribution in [-0.2, 0) is 0 Å². The molecule has 0 aromatic heterocycles. The van der Waals surface area contributed by atoms with E-state index in [0.29, 0.717) is 10.5 Å². The Morgan fingerprint density at radius 1 is 1.05 bits per heavy atom. The van der Waals surface area contributed by atoms with E-state index in [4.69, 9.17) is 0 Å². The van der Waals surface area contributed by atoms with E-state index in [1.165, 1.54) is 32.9 Å². The Bertz CT molecular complexity index is 601. The van der Waals surface area contributed by atoms with Crippen LogP contribution in [0.4, 0.5) is 0 Å². The number of thioether (sulfide) groups is 2. The van der Waals surface area contributed by atoms with Crippen molar-refractivity contribution in [3.63, 3.8) is 0 Å². The molecular weight excluding hydrogens is 280 g/mol. The fourth-order valence-corrected chi connectivity index (χ4v) is 5.48. The summed E-state index contributed by atoms with van der Waals surface area (Å²) in [6.07, 6.45) is 1.25. The first-order valence-corrected chi connectivity index (χ1v) is 8.89. The summed E-state index contributed by atoms with van der Waals surface area (Å²) in [6.45, 7) is 6.73. The summed E-state index contributed by atoms with van der Waals surface area (Å²) >= 11 is 4.06. The number of aryl methyl sites for hydroxylation is 2. The van der Waals surface area contributed by atoms with Gasteiger partial charge in [-0.25, -0.2) is 0 Å². The van der Waals surface area contributed by atoms with Crippen molar-refractivity contribution in [1.29, 1.82) is 0 Å². The highest BCUT2D eigenvalue weighted by atomic mass is 32.2. The molecule has 0 unspecified atom stereocenters. The van der Waals surface area contributed by atoms with Crippen LogP contribution < -0.4 is 0 Å². The smallest absolute Gasteiger partial charge is 0.0366 e. The third kappa shape index (κ3) is 2.91. The van der Waals surface area contributed by atoms with E-state index in [1.807, 2.05) is 23.5 Å². The lowest BCUT2D eigenvalue weighted by atomic mass is 10.0. The minimum Gasteiger partial charge on any atom is -0.122 e. The topological polar surface area (TPSA) is 0 Å². The Hall–Kier alpha value is -0.860. The highest BCUT2D eigenvalue weighted by Crippen LogP contribution is 2.49. The minimum absolute atomic E-state index is 0.587. The zero-order valence-corrected chi connectivity index (χ0v) is 13.9. The standard InChI is InChI=1S/C18H20S2/c1-12-7-9-15(10-8-12)20-17-11-14(3)19-18-13(2)5-4-6-16(17)18/h4-10,14,17H,11H2,1-3H3/t14-,17-/m1/s1. The number of rotatable bonds is 2. The predicted octanol–water partition coefficient (Wildman–Crippen LogP) is 6.02. The highest BCUT2D eigenvalue weighted by Gasteiger charge is 2.26. The third-order valence-corrected chi connectivity index (χ3v) is 6.42. The van der Waals surface area contributed by atoms with Gasteiger partial charge in [-0.05, 0) is 43.5 Å². The fourth-order valence-electron chi connectivity index (χ4n) is 2.66. The molecule has 2 heteroatoms. The maximum atomic E-state index is 2.35. The first kappa shape index (κ1) is 14.1. The van der Waals surface area contributed by atoms with Crippen molar-refractivity contribution in [3.8, 4) is 0 Å². The minimum atomic E-state index is 0.587.